The van der Waals surface area contributed by atoms with Crippen molar-refractivity contribution in [3.8, 4) is 0 Å². The topological polar surface area (TPSA) is 79.9 Å². The number of benzene rings is 1. The Balaban J connectivity index is 1.50. The van der Waals surface area contributed by atoms with E-state index in [0.717, 1.165) is 24.0 Å². The number of H-pyrrole nitrogens is 1. The number of rotatable bonds is 2. The summed E-state index contributed by atoms with van der Waals surface area (Å²) in [6, 6.07) is 7.89. The number of carboxylic acid groups (broad SMARTS) is 1. The van der Waals surface area contributed by atoms with Crippen LogP contribution in [0.15, 0.2) is 30.5 Å². The van der Waals surface area contributed by atoms with Crippen molar-refractivity contribution in [2.75, 3.05) is 46.3 Å². The molecule has 0 radical (unpaired) electrons. The van der Waals surface area contributed by atoms with Crippen molar-refractivity contribution in [3.63, 3.8) is 0 Å². The molecule has 0 saturated carbocycles. The third kappa shape index (κ3) is 3.20. The number of aromatic nitrogens is 1. The Morgan fingerprint density at radius 2 is 1.96 bits per heavy atom. The number of fused-ring (bicyclic) bond motifs is 2. The fourth-order valence-electron chi connectivity index (χ4n) is 4.17. The van der Waals surface area contributed by atoms with Gasteiger partial charge < -0.3 is 19.9 Å². The number of carboxylic acids is 1. The zero-order valence-electron chi connectivity index (χ0n) is 14.9. The first-order chi connectivity index (χ1) is 12.5. The lowest BCUT2D eigenvalue weighted by Crippen LogP contribution is -2.57. The summed E-state index contributed by atoms with van der Waals surface area (Å²) < 4.78 is 0. The van der Waals surface area contributed by atoms with Gasteiger partial charge in [0.1, 0.15) is 0 Å². The van der Waals surface area contributed by atoms with Crippen LogP contribution >= 0.6 is 0 Å². The van der Waals surface area contributed by atoms with E-state index >= 15 is 0 Å². The van der Waals surface area contributed by atoms with Crippen LogP contribution in [-0.2, 0) is 4.79 Å². The average molecular weight is 356 g/mol. The van der Waals surface area contributed by atoms with E-state index in [1.165, 1.54) is 0 Å². The summed E-state index contributed by atoms with van der Waals surface area (Å²) in [4.78, 5) is 33.8. The molecule has 26 heavy (non-hydrogen) atoms. The van der Waals surface area contributed by atoms with E-state index in [9.17, 15) is 14.7 Å². The third-order valence-corrected chi connectivity index (χ3v) is 5.55. The van der Waals surface area contributed by atoms with Crippen molar-refractivity contribution in [1.82, 2.24) is 19.7 Å². The van der Waals surface area contributed by atoms with Crippen LogP contribution in [0.4, 0.5) is 0 Å². The lowest BCUT2D eigenvalue weighted by Gasteiger charge is -2.41. The van der Waals surface area contributed by atoms with Gasteiger partial charge in [-0.2, -0.15) is 0 Å². The number of carbonyl (C=O) groups is 2. The maximum Gasteiger partial charge on any atom is 0.309 e. The molecule has 1 aromatic heterocycles. The van der Waals surface area contributed by atoms with E-state index in [0.29, 0.717) is 31.7 Å². The van der Waals surface area contributed by atoms with Crippen LogP contribution in [0, 0.1) is 5.92 Å². The smallest absolute Gasteiger partial charge is 0.309 e. The number of nitrogens with zero attached hydrogens (tertiary/aromatic N) is 3. The van der Waals surface area contributed by atoms with Gasteiger partial charge in [-0.15, -0.1) is 0 Å². The Labute approximate surface area is 152 Å². The molecule has 2 aromatic rings. The summed E-state index contributed by atoms with van der Waals surface area (Å²) in [5.74, 6) is -1.06. The molecule has 2 fully saturated rings. The molecule has 2 aliphatic rings. The molecule has 0 bridgehead atoms. The molecule has 2 aliphatic heterocycles. The summed E-state index contributed by atoms with van der Waals surface area (Å²) in [5, 5.41) is 10.4. The first-order valence-corrected chi connectivity index (χ1v) is 9.03. The number of hydrogen-bond acceptors (Lipinski definition) is 4. The molecule has 0 aliphatic carbocycles. The molecule has 3 heterocycles. The Hall–Kier alpha value is -2.38. The van der Waals surface area contributed by atoms with Crippen LogP contribution in [0.2, 0.25) is 0 Å². The fourth-order valence-corrected chi connectivity index (χ4v) is 4.17. The number of aromatic amines is 1. The van der Waals surface area contributed by atoms with Gasteiger partial charge in [-0.3, -0.25) is 14.5 Å². The zero-order valence-corrected chi connectivity index (χ0v) is 14.9. The van der Waals surface area contributed by atoms with Crippen molar-refractivity contribution in [2.24, 2.45) is 5.92 Å². The maximum absolute atomic E-state index is 13.0. The molecule has 138 valence electrons. The second-order valence-corrected chi connectivity index (χ2v) is 7.44. The molecule has 0 unspecified atom stereocenters. The van der Waals surface area contributed by atoms with Crippen molar-refractivity contribution in [3.05, 3.63) is 36.0 Å². The number of hydrogen-bond donors (Lipinski definition) is 2. The van der Waals surface area contributed by atoms with E-state index in [1.807, 2.05) is 42.4 Å². The van der Waals surface area contributed by atoms with Crippen molar-refractivity contribution in [2.45, 2.75) is 6.04 Å². The number of likely N-dealkylation sites (N-methyl/N-ethyl adjacent to an activating group) is 1. The predicted molar refractivity (Wildman–Crippen MR) is 98.2 cm³/mol. The summed E-state index contributed by atoms with van der Waals surface area (Å²) >= 11 is 0. The Bertz CT molecular complexity index is 833. The van der Waals surface area contributed by atoms with Gasteiger partial charge in [-0.1, -0.05) is 0 Å². The zero-order chi connectivity index (χ0) is 18.3. The summed E-state index contributed by atoms with van der Waals surface area (Å²) in [5.41, 5.74) is 1.73. The highest BCUT2D eigenvalue weighted by molar-refractivity contribution is 5.98. The molecule has 0 spiro atoms. The Morgan fingerprint density at radius 3 is 2.77 bits per heavy atom. The molecule has 7 heteroatoms. The third-order valence-electron chi connectivity index (χ3n) is 5.55. The first-order valence-electron chi connectivity index (χ1n) is 9.03. The lowest BCUT2D eigenvalue weighted by atomic mass is 10.1. The molecular formula is C19H24N4O3. The van der Waals surface area contributed by atoms with Gasteiger partial charge in [-0.05, 0) is 31.3 Å². The largest absolute Gasteiger partial charge is 0.481 e. The van der Waals surface area contributed by atoms with E-state index < -0.39 is 5.97 Å². The van der Waals surface area contributed by atoms with E-state index in [2.05, 4.69) is 14.8 Å². The van der Waals surface area contributed by atoms with Crippen LogP contribution in [-0.4, -0.2) is 89.0 Å². The van der Waals surface area contributed by atoms with E-state index in [1.54, 1.807) is 0 Å². The summed E-state index contributed by atoms with van der Waals surface area (Å²) in [6.45, 7) is 3.89. The van der Waals surface area contributed by atoms with E-state index in [4.69, 9.17) is 0 Å². The highest BCUT2D eigenvalue weighted by Gasteiger charge is 2.36. The van der Waals surface area contributed by atoms with E-state index in [-0.39, 0.29) is 17.9 Å². The van der Waals surface area contributed by atoms with Crippen molar-refractivity contribution >= 4 is 22.8 Å². The van der Waals surface area contributed by atoms with Crippen LogP contribution in [0.25, 0.3) is 10.9 Å². The molecular weight excluding hydrogens is 332 g/mol. The summed E-state index contributed by atoms with van der Waals surface area (Å²) in [7, 11) is 1.96. The number of amides is 1. The molecule has 2 saturated heterocycles. The van der Waals surface area contributed by atoms with Gasteiger partial charge in [0, 0.05) is 68.0 Å². The summed E-state index contributed by atoms with van der Waals surface area (Å²) in [6.07, 6.45) is 1.87. The molecule has 1 aromatic carbocycles. The SMILES string of the molecule is CN1C[C@H](C(=O)O)CN2CCN(C(=O)c3ccc4[nH]ccc4c3)C[C@@H]2C1. The maximum atomic E-state index is 13.0. The highest BCUT2D eigenvalue weighted by atomic mass is 16.4. The van der Waals surface area contributed by atoms with Gasteiger partial charge >= 0.3 is 5.97 Å². The monoisotopic (exact) mass is 356 g/mol. The van der Waals surface area contributed by atoms with Crippen LogP contribution < -0.4 is 0 Å². The molecule has 2 atom stereocenters. The van der Waals surface area contributed by atoms with Gasteiger partial charge in [0.2, 0.25) is 0 Å². The Kier molecular flexibility index (Phi) is 4.42. The molecule has 2 N–H and O–H groups in total. The van der Waals surface area contributed by atoms with Gasteiger partial charge in [0.05, 0.1) is 5.92 Å². The normalized spacial score (nSPS) is 25.0. The van der Waals surface area contributed by atoms with Crippen LogP contribution in [0.5, 0.6) is 0 Å². The standard InChI is InChI=1S/C19H24N4O3/c1-21-9-15(19(25)26)10-22-6-7-23(12-16(22)11-21)18(24)14-2-3-17-13(8-14)4-5-20-17/h2-5,8,15-16,20H,6-7,9-12H2,1H3,(H,25,26)/t15-,16-/m0/s1. The van der Waals surface area contributed by atoms with Crippen LogP contribution in [0.3, 0.4) is 0 Å². The fraction of sp³-hybridized carbons (Fsp3) is 0.474. The minimum atomic E-state index is -0.740. The minimum Gasteiger partial charge on any atom is -0.481 e. The van der Waals surface area contributed by atoms with Crippen molar-refractivity contribution < 1.29 is 14.7 Å². The average Bonchev–Trinajstić information content (AvgIpc) is 3.02. The highest BCUT2D eigenvalue weighted by Crippen LogP contribution is 2.21. The number of piperazine rings is 1. The predicted octanol–water partition coefficient (Wildman–Crippen LogP) is 0.941. The molecule has 7 nitrogen and oxygen atoms in total. The van der Waals surface area contributed by atoms with Gasteiger partial charge in [0.15, 0.2) is 0 Å². The second kappa shape index (κ2) is 6.74. The number of carbonyl (C=O) groups excluding carboxylic acids is 1. The van der Waals surface area contributed by atoms with Gasteiger partial charge in [0.25, 0.3) is 5.91 Å². The van der Waals surface area contributed by atoms with Crippen molar-refractivity contribution in [1.29, 1.82) is 0 Å². The number of aliphatic carboxylic acids is 1. The Morgan fingerprint density at radius 1 is 1.12 bits per heavy atom. The molecule has 4 rings (SSSR count). The first kappa shape index (κ1) is 17.1. The quantitative estimate of drug-likeness (QED) is 0.837. The number of nitrogens with one attached hydrogen (secondary N) is 1. The van der Waals surface area contributed by atoms with Gasteiger partial charge in [-0.25, -0.2) is 0 Å². The molecule has 1 amide bonds. The lowest BCUT2D eigenvalue weighted by molar-refractivity contribution is -0.142. The van der Waals surface area contributed by atoms with Crippen LogP contribution in [0.1, 0.15) is 10.4 Å². The second-order valence-electron chi connectivity index (χ2n) is 7.44. The minimum absolute atomic E-state index is 0.0504.